The Morgan fingerprint density at radius 3 is 2.61 bits per heavy atom. The van der Waals surface area contributed by atoms with Crippen LogP contribution in [0.3, 0.4) is 0 Å². The Kier molecular flexibility index (Phi) is 3.36. The van der Waals surface area contributed by atoms with Crippen molar-refractivity contribution in [1.29, 1.82) is 0 Å². The molecule has 2 heterocycles. The summed E-state index contributed by atoms with van der Waals surface area (Å²) < 4.78 is 0. The Balaban J connectivity index is 2.15. The van der Waals surface area contributed by atoms with Crippen molar-refractivity contribution in [3.05, 3.63) is 0 Å². The van der Waals surface area contributed by atoms with Crippen molar-refractivity contribution >= 4 is 11.9 Å². The fourth-order valence-corrected chi connectivity index (χ4v) is 3.49. The molecule has 0 spiro atoms. The molecule has 1 amide bonds. The first-order valence-electron chi connectivity index (χ1n) is 6.73. The van der Waals surface area contributed by atoms with E-state index >= 15 is 0 Å². The first kappa shape index (κ1) is 13.3. The molecule has 0 aliphatic carbocycles. The molecule has 102 valence electrons. The van der Waals surface area contributed by atoms with Gasteiger partial charge < -0.3 is 15.7 Å². The molecule has 3 N–H and O–H groups in total. The summed E-state index contributed by atoms with van der Waals surface area (Å²) in [5.41, 5.74) is 5.23. The average Bonchev–Trinajstić information content (AvgIpc) is 2.84. The molecule has 18 heavy (non-hydrogen) atoms. The third kappa shape index (κ3) is 2.00. The predicted octanol–water partition coefficient (Wildman–Crippen LogP) is 0.968. The highest BCUT2D eigenvalue weighted by atomic mass is 16.4. The van der Waals surface area contributed by atoms with E-state index in [-0.39, 0.29) is 18.0 Å². The maximum atomic E-state index is 12.5. The second kappa shape index (κ2) is 4.53. The molecular weight excluding hydrogens is 232 g/mol. The molecule has 5 nitrogen and oxygen atoms in total. The summed E-state index contributed by atoms with van der Waals surface area (Å²) in [6.45, 7) is 3.75. The standard InChI is InChI=1S/C13H22N2O3/c1-3-6-13(2,14)12(18)15-8-4-5-10(15)9(7-8)11(16)17/h8-10H,3-7,14H2,1-2H3,(H,16,17). The summed E-state index contributed by atoms with van der Waals surface area (Å²) in [7, 11) is 0. The first-order chi connectivity index (χ1) is 8.38. The normalized spacial score (nSPS) is 33.5. The summed E-state index contributed by atoms with van der Waals surface area (Å²) in [6.07, 6.45) is 3.80. The van der Waals surface area contributed by atoms with Crippen LogP contribution in [0, 0.1) is 5.92 Å². The molecule has 2 rings (SSSR count). The SMILES string of the molecule is CCCC(C)(N)C(=O)N1C2CCC1C(C(=O)O)C2. The van der Waals surface area contributed by atoms with Crippen molar-refractivity contribution in [1.82, 2.24) is 4.90 Å². The van der Waals surface area contributed by atoms with Gasteiger partial charge in [-0.3, -0.25) is 9.59 Å². The highest BCUT2D eigenvalue weighted by Gasteiger charge is 2.53. The number of rotatable bonds is 4. The topological polar surface area (TPSA) is 83.6 Å². The average molecular weight is 254 g/mol. The summed E-state index contributed by atoms with van der Waals surface area (Å²) >= 11 is 0. The molecule has 2 fully saturated rings. The quantitative estimate of drug-likeness (QED) is 0.783. The molecule has 4 atom stereocenters. The number of carbonyl (C=O) groups is 2. The summed E-state index contributed by atoms with van der Waals surface area (Å²) in [6, 6.07) is -0.0527. The summed E-state index contributed by atoms with van der Waals surface area (Å²) in [5, 5.41) is 9.17. The van der Waals surface area contributed by atoms with Crippen molar-refractivity contribution in [3.63, 3.8) is 0 Å². The van der Waals surface area contributed by atoms with E-state index in [1.165, 1.54) is 0 Å². The maximum Gasteiger partial charge on any atom is 0.308 e. The van der Waals surface area contributed by atoms with Gasteiger partial charge in [0.25, 0.3) is 0 Å². The van der Waals surface area contributed by atoms with Gasteiger partial charge in [0, 0.05) is 12.1 Å². The van der Waals surface area contributed by atoms with Crippen LogP contribution in [0.2, 0.25) is 0 Å². The molecule has 5 heteroatoms. The van der Waals surface area contributed by atoms with E-state index < -0.39 is 17.4 Å². The number of fused-ring (bicyclic) bond motifs is 2. The Labute approximate surface area is 107 Å². The van der Waals surface area contributed by atoms with E-state index in [0.717, 1.165) is 19.3 Å². The first-order valence-corrected chi connectivity index (χ1v) is 6.73. The number of carboxylic acid groups (broad SMARTS) is 1. The number of hydrogen-bond donors (Lipinski definition) is 2. The second-order valence-electron chi connectivity index (χ2n) is 5.86. The lowest BCUT2D eigenvalue weighted by molar-refractivity contribution is -0.144. The fourth-order valence-electron chi connectivity index (χ4n) is 3.49. The minimum absolute atomic E-state index is 0.0689. The molecular formula is C13H22N2O3. The van der Waals surface area contributed by atoms with E-state index in [2.05, 4.69) is 0 Å². The lowest BCUT2D eigenvalue weighted by atomic mass is 9.89. The van der Waals surface area contributed by atoms with E-state index in [0.29, 0.717) is 12.8 Å². The van der Waals surface area contributed by atoms with Crippen molar-refractivity contribution < 1.29 is 14.7 Å². The number of nitrogens with two attached hydrogens (primary N) is 1. The van der Waals surface area contributed by atoms with Crippen LogP contribution in [0.4, 0.5) is 0 Å². The van der Waals surface area contributed by atoms with Gasteiger partial charge in [0.1, 0.15) is 0 Å². The highest BCUT2D eigenvalue weighted by Crippen LogP contribution is 2.42. The van der Waals surface area contributed by atoms with Gasteiger partial charge in [-0.25, -0.2) is 0 Å². The number of nitrogens with zero attached hydrogens (tertiary/aromatic N) is 1. The minimum Gasteiger partial charge on any atom is -0.481 e. The second-order valence-corrected chi connectivity index (χ2v) is 5.86. The van der Waals surface area contributed by atoms with Crippen LogP contribution in [0.5, 0.6) is 0 Å². The molecule has 0 saturated carbocycles. The molecule has 2 bridgehead atoms. The maximum absolute atomic E-state index is 12.5. The number of hydrogen-bond acceptors (Lipinski definition) is 3. The van der Waals surface area contributed by atoms with Crippen LogP contribution >= 0.6 is 0 Å². The highest BCUT2D eigenvalue weighted by molar-refractivity contribution is 5.88. The molecule has 0 aromatic rings. The van der Waals surface area contributed by atoms with Crippen LogP contribution < -0.4 is 5.73 Å². The number of amides is 1. The van der Waals surface area contributed by atoms with E-state index in [9.17, 15) is 14.7 Å². The summed E-state index contributed by atoms with van der Waals surface area (Å²) in [4.78, 5) is 25.4. The van der Waals surface area contributed by atoms with Crippen LogP contribution in [0.1, 0.15) is 46.0 Å². The molecule has 0 radical (unpaired) electrons. The van der Waals surface area contributed by atoms with Gasteiger partial charge in [-0.15, -0.1) is 0 Å². The zero-order valence-corrected chi connectivity index (χ0v) is 11.1. The lowest BCUT2D eigenvalue weighted by Crippen LogP contribution is -2.55. The largest absolute Gasteiger partial charge is 0.481 e. The van der Waals surface area contributed by atoms with Gasteiger partial charge in [0.05, 0.1) is 11.5 Å². The molecule has 2 aliphatic rings. The van der Waals surface area contributed by atoms with E-state index in [1.54, 1.807) is 11.8 Å². The van der Waals surface area contributed by atoms with Crippen molar-refractivity contribution in [2.24, 2.45) is 11.7 Å². The Morgan fingerprint density at radius 1 is 1.44 bits per heavy atom. The molecule has 0 aromatic heterocycles. The lowest BCUT2D eigenvalue weighted by Gasteiger charge is -2.32. The fraction of sp³-hybridized carbons (Fsp3) is 0.846. The van der Waals surface area contributed by atoms with Crippen LogP contribution in [0.25, 0.3) is 0 Å². The monoisotopic (exact) mass is 254 g/mol. The van der Waals surface area contributed by atoms with Crippen molar-refractivity contribution in [2.45, 2.75) is 63.6 Å². The van der Waals surface area contributed by atoms with Gasteiger partial charge in [-0.1, -0.05) is 13.3 Å². The number of carbonyl (C=O) groups excluding carboxylic acids is 1. The Morgan fingerprint density at radius 2 is 2.11 bits per heavy atom. The minimum atomic E-state index is -0.858. The van der Waals surface area contributed by atoms with Crippen molar-refractivity contribution in [3.8, 4) is 0 Å². The van der Waals surface area contributed by atoms with Gasteiger partial charge in [0.15, 0.2) is 0 Å². The molecule has 4 unspecified atom stereocenters. The van der Waals surface area contributed by atoms with Crippen LogP contribution in [-0.4, -0.2) is 39.5 Å². The van der Waals surface area contributed by atoms with E-state index in [4.69, 9.17) is 5.73 Å². The van der Waals surface area contributed by atoms with Gasteiger partial charge in [-0.05, 0) is 32.6 Å². The Hall–Kier alpha value is -1.10. The van der Waals surface area contributed by atoms with Gasteiger partial charge in [-0.2, -0.15) is 0 Å². The van der Waals surface area contributed by atoms with E-state index in [1.807, 2.05) is 6.92 Å². The zero-order valence-electron chi connectivity index (χ0n) is 11.1. The number of aliphatic carboxylic acids is 1. The molecule has 2 saturated heterocycles. The number of carboxylic acids is 1. The van der Waals surface area contributed by atoms with Crippen molar-refractivity contribution in [2.75, 3.05) is 0 Å². The van der Waals surface area contributed by atoms with Gasteiger partial charge in [0.2, 0.25) is 5.91 Å². The van der Waals surface area contributed by atoms with Gasteiger partial charge >= 0.3 is 5.97 Å². The smallest absolute Gasteiger partial charge is 0.308 e. The molecule has 0 aromatic carbocycles. The zero-order chi connectivity index (χ0) is 13.5. The van der Waals surface area contributed by atoms with Crippen LogP contribution in [0.15, 0.2) is 0 Å². The Bertz CT molecular complexity index is 367. The third-order valence-corrected chi connectivity index (χ3v) is 4.35. The van der Waals surface area contributed by atoms with Crippen LogP contribution in [-0.2, 0) is 9.59 Å². The third-order valence-electron chi connectivity index (χ3n) is 4.35. The summed E-state index contributed by atoms with van der Waals surface area (Å²) in [5.74, 6) is -1.25. The predicted molar refractivity (Wildman–Crippen MR) is 66.9 cm³/mol. The molecule has 2 aliphatic heterocycles.